The largest absolute Gasteiger partial charge is 0.392 e. The van der Waals surface area contributed by atoms with Gasteiger partial charge in [0.15, 0.2) is 6.29 Å². The van der Waals surface area contributed by atoms with Crippen molar-refractivity contribution in [2.45, 2.75) is 129 Å². The third-order valence-corrected chi connectivity index (χ3v) is 8.51. The zero-order valence-electron chi connectivity index (χ0n) is 27.7. The van der Waals surface area contributed by atoms with Crippen LogP contribution in [0.1, 0.15) is 133 Å². The van der Waals surface area contributed by atoms with E-state index in [1.165, 1.54) is 77.0 Å². The Morgan fingerprint density at radius 3 is 1.91 bits per heavy atom. The number of nitrogens with one attached hydrogen (secondary N) is 2. The number of aliphatic hydroxyl groups is 1. The van der Waals surface area contributed by atoms with Gasteiger partial charge in [0.05, 0.1) is 18.8 Å². The minimum atomic E-state index is -0.500. The molecule has 2 aromatic rings. The Hall–Kier alpha value is -2.45. The Morgan fingerprint density at radius 2 is 1.34 bits per heavy atom. The smallest absolute Gasteiger partial charge is 0.319 e. The van der Waals surface area contributed by atoms with Crippen LogP contribution in [0.15, 0.2) is 48.5 Å². The van der Waals surface area contributed by atoms with E-state index in [0.717, 1.165) is 48.4 Å². The van der Waals surface area contributed by atoms with Gasteiger partial charge in [0.25, 0.3) is 0 Å². The second kappa shape index (κ2) is 21.3. The van der Waals surface area contributed by atoms with Gasteiger partial charge in [-0.2, -0.15) is 0 Å². The van der Waals surface area contributed by atoms with Crippen molar-refractivity contribution in [2.75, 3.05) is 31.5 Å². The number of carbonyl (C=O) groups is 1. The number of hydrogen-bond donors (Lipinski definition) is 3. The van der Waals surface area contributed by atoms with Crippen molar-refractivity contribution in [3.8, 4) is 0 Å². The summed E-state index contributed by atoms with van der Waals surface area (Å²) in [5.74, 6) is 0. The van der Waals surface area contributed by atoms with E-state index in [0.29, 0.717) is 6.54 Å². The first kappa shape index (κ1) is 36.0. The molecule has 0 spiro atoms. The average Bonchev–Trinajstić information content (AvgIpc) is 3.04. The third kappa shape index (κ3) is 13.3. The van der Waals surface area contributed by atoms with Crippen LogP contribution in [0.25, 0.3) is 0 Å². The average molecular weight is 610 g/mol. The Balaban J connectivity index is 1.71. The fourth-order valence-corrected chi connectivity index (χ4v) is 5.91. The van der Waals surface area contributed by atoms with Gasteiger partial charge in [-0.3, -0.25) is 0 Å². The number of amides is 2. The van der Waals surface area contributed by atoms with Crippen molar-refractivity contribution in [2.24, 2.45) is 0 Å². The van der Waals surface area contributed by atoms with E-state index in [1.54, 1.807) is 0 Å². The first-order valence-corrected chi connectivity index (χ1v) is 17.4. The fraction of sp³-hybridized carbons (Fsp3) is 0.649. The summed E-state index contributed by atoms with van der Waals surface area (Å²) in [6, 6.07) is 15.6. The highest BCUT2D eigenvalue weighted by molar-refractivity contribution is 5.89. The van der Waals surface area contributed by atoms with Crippen LogP contribution in [-0.2, 0) is 16.1 Å². The number of aliphatic hydroxyl groups excluding tert-OH is 1. The van der Waals surface area contributed by atoms with Crippen LogP contribution in [0.3, 0.4) is 0 Å². The summed E-state index contributed by atoms with van der Waals surface area (Å²) in [6.07, 6.45) is 15.8. The normalized spacial score (nSPS) is 18.4. The highest BCUT2D eigenvalue weighted by Gasteiger charge is 2.33. The Labute approximate surface area is 267 Å². The van der Waals surface area contributed by atoms with E-state index in [-0.39, 0.29) is 24.8 Å². The Morgan fingerprint density at radius 1 is 0.773 bits per heavy atom. The summed E-state index contributed by atoms with van der Waals surface area (Å²) >= 11 is 0. The molecule has 246 valence electrons. The molecule has 0 saturated carbocycles. The summed E-state index contributed by atoms with van der Waals surface area (Å²) in [5.41, 5.74) is 3.67. The highest BCUT2D eigenvalue weighted by Crippen LogP contribution is 2.38. The van der Waals surface area contributed by atoms with Crippen LogP contribution in [0, 0.1) is 0 Å². The van der Waals surface area contributed by atoms with E-state index < -0.39 is 6.29 Å². The second-order valence-electron chi connectivity index (χ2n) is 12.3. The van der Waals surface area contributed by atoms with Crippen LogP contribution in [0.4, 0.5) is 10.5 Å². The number of hydrogen-bond acceptors (Lipinski definition) is 5. The van der Waals surface area contributed by atoms with Gasteiger partial charge in [0, 0.05) is 30.8 Å². The molecule has 1 aliphatic rings. The zero-order chi connectivity index (χ0) is 31.4. The number of nitrogens with zero attached hydrogens (tertiary/aromatic N) is 1. The molecule has 0 aliphatic carbocycles. The number of rotatable bonds is 21. The molecule has 3 unspecified atom stereocenters. The molecule has 2 aromatic carbocycles. The quantitative estimate of drug-likeness (QED) is 0.123. The number of ether oxygens (including phenoxy) is 2. The predicted octanol–water partition coefficient (Wildman–Crippen LogP) is 8.89. The minimum absolute atomic E-state index is 0.0304. The number of urea groups is 1. The standard InChI is InChI=1S/C37H59N3O4/c1-4-7-9-11-13-15-25-40(26-16-14-12-10-8-5-2)28-34-27-35(31-19-17-30(29-41)18-20-31)44-36(43-34)32-21-23-33(24-22-32)39-37(42)38-6-3/h17-24,34-36,41H,4-16,25-29H2,1-3H3,(H2,38,39,42). The van der Waals surface area contributed by atoms with Crippen molar-refractivity contribution < 1.29 is 19.4 Å². The van der Waals surface area contributed by atoms with Crippen LogP contribution >= 0.6 is 0 Å². The van der Waals surface area contributed by atoms with Gasteiger partial charge in [-0.15, -0.1) is 0 Å². The molecule has 0 bridgehead atoms. The maximum Gasteiger partial charge on any atom is 0.319 e. The molecule has 1 saturated heterocycles. The predicted molar refractivity (Wildman–Crippen MR) is 181 cm³/mol. The zero-order valence-corrected chi connectivity index (χ0v) is 27.7. The van der Waals surface area contributed by atoms with Gasteiger partial charge in [-0.05, 0) is 56.1 Å². The molecule has 3 N–H and O–H groups in total. The minimum Gasteiger partial charge on any atom is -0.392 e. The number of unbranched alkanes of at least 4 members (excludes halogenated alkanes) is 10. The van der Waals surface area contributed by atoms with Crippen molar-refractivity contribution in [1.82, 2.24) is 10.2 Å². The maximum atomic E-state index is 12.0. The van der Waals surface area contributed by atoms with Gasteiger partial charge in [0.2, 0.25) is 0 Å². The number of benzene rings is 2. The summed E-state index contributed by atoms with van der Waals surface area (Å²) in [6.45, 7) is 10.2. The third-order valence-electron chi connectivity index (χ3n) is 8.51. The fourth-order valence-electron chi connectivity index (χ4n) is 5.91. The highest BCUT2D eigenvalue weighted by atomic mass is 16.7. The first-order valence-electron chi connectivity index (χ1n) is 17.4. The van der Waals surface area contributed by atoms with Crippen molar-refractivity contribution >= 4 is 11.7 Å². The summed E-state index contributed by atoms with van der Waals surface area (Å²) in [7, 11) is 0. The molecule has 0 aromatic heterocycles. The lowest BCUT2D eigenvalue weighted by Gasteiger charge is -2.38. The second-order valence-corrected chi connectivity index (χ2v) is 12.3. The van der Waals surface area contributed by atoms with Gasteiger partial charge in [-0.1, -0.05) is 114 Å². The van der Waals surface area contributed by atoms with Crippen LogP contribution < -0.4 is 10.6 Å². The summed E-state index contributed by atoms with van der Waals surface area (Å²) in [5, 5.41) is 15.2. The molecular weight excluding hydrogens is 550 g/mol. The molecule has 3 rings (SSSR count). The lowest BCUT2D eigenvalue weighted by molar-refractivity contribution is -0.253. The van der Waals surface area contributed by atoms with Gasteiger partial charge in [-0.25, -0.2) is 4.79 Å². The summed E-state index contributed by atoms with van der Waals surface area (Å²) < 4.78 is 13.2. The Bertz CT molecular complexity index is 1010. The summed E-state index contributed by atoms with van der Waals surface area (Å²) in [4.78, 5) is 14.6. The lowest BCUT2D eigenvalue weighted by atomic mass is 9.99. The molecule has 1 aliphatic heterocycles. The molecular formula is C37H59N3O4. The van der Waals surface area contributed by atoms with E-state index in [4.69, 9.17) is 9.47 Å². The Kier molecular flexibility index (Phi) is 17.5. The van der Waals surface area contributed by atoms with E-state index in [1.807, 2.05) is 43.3 Å². The molecule has 7 nitrogen and oxygen atoms in total. The van der Waals surface area contributed by atoms with E-state index >= 15 is 0 Å². The lowest BCUT2D eigenvalue weighted by Crippen LogP contribution is -2.40. The number of anilines is 1. The van der Waals surface area contributed by atoms with E-state index in [2.05, 4.69) is 41.5 Å². The van der Waals surface area contributed by atoms with Crippen molar-refractivity contribution in [1.29, 1.82) is 0 Å². The molecule has 0 radical (unpaired) electrons. The van der Waals surface area contributed by atoms with E-state index in [9.17, 15) is 9.90 Å². The molecule has 1 heterocycles. The maximum absolute atomic E-state index is 12.0. The molecule has 7 heteroatoms. The monoisotopic (exact) mass is 609 g/mol. The van der Waals surface area contributed by atoms with Crippen LogP contribution in [0.2, 0.25) is 0 Å². The van der Waals surface area contributed by atoms with Gasteiger partial charge >= 0.3 is 6.03 Å². The topological polar surface area (TPSA) is 83.1 Å². The van der Waals surface area contributed by atoms with Gasteiger partial charge in [0.1, 0.15) is 0 Å². The molecule has 3 atom stereocenters. The SMILES string of the molecule is CCCCCCCCN(CCCCCCCC)CC1CC(c2ccc(CO)cc2)OC(c2ccc(NC(=O)NCC)cc2)O1. The molecule has 2 amide bonds. The van der Waals surface area contributed by atoms with Crippen LogP contribution in [0.5, 0.6) is 0 Å². The van der Waals surface area contributed by atoms with Crippen molar-refractivity contribution in [3.05, 3.63) is 65.2 Å². The first-order chi connectivity index (χ1) is 21.6. The van der Waals surface area contributed by atoms with Gasteiger partial charge < -0.3 is 30.1 Å². The van der Waals surface area contributed by atoms with Crippen molar-refractivity contribution in [3.63, 3.8) is 0 Å². The molecule has 1 fully saturated rings. The number of carbonyl (C=O) groups excluding carboxylic acids is 1. The van der Waals surface area contributed by atoms with Crippen LogP contribution in [-0.4, -0.2) is 48.3 Å². The molecule has 44 heavy (non-hydrogen) atoms.